The first-order valence-corrected chi connectivity index (χ1v) is 13.8. The van der Waals surface area contributed by atoms with Crippen molar-refractivity contribution in [3.63, 3.8) is 0 Å². The normalized spacial score (nSPS) is 19.9. The Morgan fingerprint density at radius 2 is 1.79 bits per heavy atom. The fraction of sp³-hybridized carbons (Fsp3) is 0.500. The summed E-state index contributed by atoms with van der Waals surface area (Å²) < 4.78 is 80.0. The van der Waals surface area contributed by atoms with Crippen molar-refractivity contribution in [2.45, 2.75) is 57.8 Å². The number of ketones is 1. The Hall–Kier alpha value is -3.02. The number of rotatable bonds is 8. The van der Waals surface area contributed by atoms with Gasteiger partial charge in [-0.25, -0.2) is 22.2 Å². The van der Waals surface area contributed by atoms with Crippen LogP contribution in [-0.4, -0.2) is 55.6 Å². The van der Waals surface area contributed by atoms with E-state index in [2.05, 4.69) is 4.98 Å². The number of Topliss-reactive ketones (excluding diaryl/α,β-unsaturated/α-hetero) is 1. The molecule has 3 heterocycles. The summed E-state index contributed by atoms with van der Waals surface area (Å²) in [4.78, 5) is 32.0. The van der Waals surface area contributed by atoms with E-state index in [0.29, 0.717) is 29.7 Å². The first-order chi connectivity index (χ1) is 17.5. The number of alkyl halides is 4. The minimum absolute atomic E-state index is 0.0486. The first-order valence-electron chi connectivity index (χ1n) is 12.0. The molecule has 1 fully saturated rings. The van der Waals surface area contributed by atoms with Crippen LogP contribution in [0.15, 0.2) is 36.5 Å². The van der Waals surface area contributed by atoms with Crippen LogP contribution in [0.3, 0.4) is 0 Å². The number of halogens is 4. The highest BCUT2D eigenvalue weighted by molar-refractivity contribution is 7.91. The summed E-state index contributed by atoms with van der Waals surface area (Å²) in [6, 6.07) is 7.25. The van der Waals surface area contributed by atoms with Crippen LogP contribution in [0.1, 0.15) is 56.0 Å². The van der Waals surface area contributed by atoms with Crippen LogP contribution in [0.2, 0.25) is 0 Å². The molecule has 12 heteroatoms. The third kappa shape index (κ3) is 5.41. The number of hydrogen-bond acceptors (Lipinski definition) is 6. The molecule has 206 valence electrons. The number of amides is 1. The molecule has 4 rings (SSSR count). The van der Waals surface area contributed by atoms with Gasteiger partial charge in [-0.05, 0) is 61.9 Å². The van der Waals surface area contributed by atoms with Crippen molar-refractivity contribution < 1.29 is 40.3 Å². The summed E-state index contributed by atoms with van der Waals surface area (Å²) in [5, 5.41) is 0. The molecule has 0 atom stereocenters. The summed E-state index contributed by atoms with van der Waals surface area (Å²) >= 11 is 0. The summed E-state index contributed by atoms with van der Waals surface area (Å²) in [6.45, 7) is 3.72. The van der Waals surface area contributed by atoms with Crippen molar-refractivity contribution in [2.75, 3.05) is 23.0 Å². The van der Waals surface area contributed by atoms with Gasteiger partial charge < -0.3 is 4.74 Å². The lowest BCUT2D eigenvalue weighted by atomic mass is 9.78. The van der Waals surface area contributed by atoms with E-state index < -0.39 is 39.6 Å². The molecule has 0 aliphatic carbocycles. The third-order valence-corrected chi connectivity index (χ3v) is 8.94. The molecule has 1 amide bonds. The Labute approximate surface area is 218 Å². The van der Waals surface area contributed by atoms with Gasteiger partial charge in [0.25, 0.3) is 0 Å². The van der Waals surface area contributed by atoms with Gasteiger partial charge in [0, 0.05) is 24.2 Å². The molecule has 0 bridgehead atoms. The van der Waals surface area contributed by atoms with Gasteiger partial charge in [-0.2, -0.15) is 8.78 Å². The van der Waals surface area contributed by atoms with E-state index in [1.807, 2.05) is 6.92 Å². The van der Waals surface area contributed by atoms with E-state index in [0.717, 1.165) is 0 Å². The van der Waals surface area contributed by atoms with Crippen LogP contribution in [0.4, 0.5) is 29.1 Å². The number of carbonyl (C=O) groups is 2. The van der Waals surface area contributed by atoms with Gasteiger partial charge in [-0.3, -0.25) is 14.5 Å². The number of aromatic nitrogens is 1. The molecular formula is C26H28F4N2O5S. The molecule has 0 spiro atoms. The molecule has 0 N–H and O–H groups in total. The van der Waals surface area contributed by atoms with E-state index in [4.69, 9.17) is 4.74 Å². The predicted octanol–water partition coefficient (Wildman–Crippen LogP) is 5.10. The third-order valence-electron chi connectivity index (χ3n) is 7.29. The van der Waals surface area contributed by atoms with Gasteiger partial charge in [-0.15, -0.1) is 0 Å². The van der Waals surface area contributed by atoms with Crippen LogP contribution < -0.4 is 9.64 Å². The average Bonchev–Trinajstić information content (AvgIpc) is 3.05. The Kier molecular flexibility index (Phi) is 7.09. The van der Waals surface area contributed by atoms with Gasteiger partial charge in [-0.1, -0.05) is 6.92 Å². The molecule has 1 aromatic carbocycles. The lowest BCUT2D eigenvalue weighted by molar-refractivity contribution is -0.148. The van der Waals surface area contributed by atoms with Crippen LogP contribution in [-0.2, 0) is 20.0 Å². The van der Waals surface area contributed by atoms with Gasteiger partial charge in [0.15, 0.2) is 12.4 Å². The van der Waals surface area contributed by atoms with Crippen LogP contribution in [0.5, 0.6) is 5.75 Å². The van der Waals surface area contributed by atoms with E-state index >= 15 is 0 Å². The van der Waals surface area contributed by atoms with Crippen molar-refractivity contribution in [1.29, 1.82) is 0 Å². The highest BCUT2D eigenvalue weighted by Gasteiger charge is 2.46. The maximum Gasteiger partial charge on any atom is 0.340 e. The second kappa shape index (κ2) is 9.62. The number of fused-ring (bicyclic) bond motifs is 1. The Morgan fingerprint density at radius 3 is 2.42 bits per heavy atom. The SMILES string of the molecule is CC1(CC(=O)c2ccc3c(c2)C(C)(C)C(=O)N3c2cc(OCC(F)(F)C(F)F)ccn2)CCS(=O)(=O)CC1. The van der Waals surface area contributed by atoms with E-state index in [1.54, 1.807) is 32.0 Å². The highest BCUT2D eigenvalue weighted by atomic mass is 32.2. The average molecular weight is 557 g/mol. The molecule has 2 aliphatic heterocycles. The lowest BCUT2D eigenvalue weighted by Crippen LogP contribution is -2.34. The second-order valence-electron chi connectivity index (χ2n) is 10.8. The zero-order valence-corrected chi connectivity index (χ0v) is 22.0. The zero-order valence-electron chi connectivity index (χ0n) is 21.1. The van der Waals surface area contributed by atoms with Crippen LogP contribution in [0.25, 0.3) is 0 Å². The van der Waals surface area contributed by atoms with E-state index in [9.17, 15) is 35.6 Å². The van der Waals surface area contributed by atoms with Crippen LogP contribution in [0, 0.1) is 5.41 Å². The number of sulfone groups is 1. The monoisotopic (exact) mass is 556 g/mol. The largest absolute Gasteiger partial charge is 0.487 e. The maximum atomic E-state index is 13.4. The Balaban J connectivity index is 1.59. The molecule has 2 aliphatic rings. The highest BCUT2D eigenvalue weighted by Crippen LogP contribution is 2.46. The van der Waals surface area contributed by atoms with Crippen molar-refractivity contribution in [1.82, 2.24) is 4.98 Å². The van der Waals surface area contributed by atoms with Gasteiger partial charge >= 0.3 is 12.3 Å². The van der Waals surface area contributed by atoms with Gasteiger partial charge in [0.2, 0.25) is 5.91 Å². The Bertz CT molecular complexity index is 1360. The maximum absolute atomic E-state index is 13.4. The molecule has 0 saturated carbocycles. The quantitative estimate of drug-likeness (QED) is 0.332. The number of hydrogen-bond donors (Lipinski definition) is 0. The second-order valence-corrected chi connectivity index (χ2v) is 13.1. The molecule has 38 heavy (non-hydrogen) atoms. The van der Waals surface area contributed by atoms with Crippen molar-refractivity contribution in [2.24, 2.45) is 5.41 Å². The zero-order chi connectivity index (χ0) is 28.1. The summed E-state index contributed by atoms with van der Waals surface area (Å²) in [5.41, 5.74) is -0.114. The molecule has 7 nitrogen and oxygen atoms in total. The number of carbonyl (C=O) groups excluding carboxylic acids is 2. The van der Waals surface area contributed by atoms with Crippen LogP contribution >= 0.6 is 0 Å². The minimum atomic E-state index is -4.34. The van der Waals surface area contributed by atoms with Crippen molar-refractivity contribution in [3.8, 4) is 5.75 Å². The summed E-state index contributed by atoms with van der Waals surface area (Å²) in [5.74, 6) is -4.90. The van der Waals surface area contributed by atoms with E-state index in [1.165, 1.54) is 23.2 Å². The molecule has 0 radical (unpaired) electrons. The number of ether oxygens (including phenoxy) is 1. The predicted molar refractivity (Wildman–Crippen MR) is 132 cm³/mol. The molecule has 2 aromatic rings. The topological polar surface area (TPSA) is 93.6 Å². The number of pyridine rings is 1. The first kappa shape index (κ1) is 28.0. The fourth-order valence-electron chi connectivity index (χ4n) is 4.69. The fourth-order valence-corrected chi connectivity index (χ4v) is 6.50. The van der Waals surface area contributed by atoms with Gasteiger partial charge in [0.05, 0.1) is 22.6 Å². The molecular weight excluding hydrogens is 528 g/mol. The Morgan fingerprint density at radius 1 is 1.13 bits per heavy atom. The van der Waals surface area contributed by atoms with Crippen molar-refractivity contribution >= 4 is 33.0 Å². The van der Waals surface area contributed by atoms with Crippen molar-refractivity contribution in [3.05, 3.63) is 47.7 Å². The summed E-state index contributed by atoms with van der Waals surface area (Å²) in [7, 11) is -3.07. The molecule has 0 unspecified atom stereocenters. The van der Waals surface area contributed by atoms with Gasteiger partial charge in [0.1, 0.15) is 21.4 Å². The number of anilines is 2. The minimum Gasteiger partial charge on any atom is -0.487 e. The molecule has 1 saturated heterocycles. The molecule has 1 aromatic heterocycles. The lowest BCUT2D eigenvalue weighted by Gasteiger charge is -2.32. The number of benzene rings is 1. The summed E-state index contributed by atoms with van der Waals surface area (Å²) in [6.07, 6.45) is -1.70. The standard InChI is InChI=1S/C26H28F4N2O5S/c1-24(2)18-12-16(20(33)14-25(3)7-10-38(35,36)11-8-25)4-5-19(18)32(23(24)34)21-13-17(6-9-31-21)37-15-26(29,30)22(27)28/h4-6,9,12-13,22H,7-8,10-11,14-15H2,1-3H3. The number of nitrogens with zero attached hydrogens (tertiary/aromatic N) is 2. The van der Waals surface area contributed by atoms with E-state index in [-0.39, 0.29) is 41.2 Å². The smallest absolute Gasteiger partial charge is 0.340 e.